The summed E-state index contributed by atoms with van der Waals surface area (Å²) in [5.74, 6) is -0.999. The number of thioether (sulfide) groups is 1. The van der Waals surface area contributed by atoms with Gasteiger partial charge in [-0.1, -0.05) is 38.3 Å². The lowest BCUT2D eigenvalue weighted by Gasteiger charge is -2.39. The average Bonchev–Trinajstić information content (AvgIpc) is 2.84. The van der Waals surface area contributed by atoms with Crippen LogP contribution in [-0.4, -0.2) is 50.3 Å². The van der Waals surface area contributed by atoms with Crippen molar-refractivity contribution in [2.45, 2.75) is 81.0 Å². The summed E-state index contributed by atoms with van der Waals surface area (Å²) in [7, 11) is 0. The van der Waals surface area contributed by atoms with Crippen LogP contribution in [0.2, 0.25) is 0 Å². The normalized spacial score (nSPS) is 19.6. The van der Waals surface area contributed by atoms with Gasteiger partial charge in [-0.25, -0.2) is 0 Å². The van der Waals surface area contributed by atoms with Crippen LogP contribution in [0.25, 0.3) is 0 Å². The van der Waals surface area contributed by atoms with Gasteiger partial charge in [0.15, 0.2) is 11.6 Å². The quantitative estimate of drug-likeness (QED) is 0.320. The Morgan fingerprint density at radius 1 is 1.08 bits per heavy atom. The zero-order valence-corrected chi connectivity index (χ0v) is 21.6. The van der Waals surface area contributed by atoms with Crippen molar-refractivity contribution in [3.63, 3.8) is 0 Å². The van der Waals surface area contributed by atoms with Gasteiger partial charge in [-0.15, -0.1) is 11.8 Å². The van der Waals surface area contributed by atoms with E-state index in [1.54, 1.807) is 24.3 Å². The molecule has 0 heterocycles. The van der Waals surface area contributed by atoms with Crippen LogP contribution in [0.15, 0.2) is 41.3 Å². The molecule has 36 heavy (non-hydrogen) atoms. The number of benzene rings is 2. The monoisotopic (exact) mass is 514 g/mol. The number of hydrogen-bond donors (Lipinski definition) is 3. The number of aliphatic carboxylic acids is 1. The molecule has 7 nitrogen and oxygen atoms in total. The fourth-order valence-corrected chi connectivity index (χ4v) is 5.82. The maximum atomic E-state index is 12.2. The van der Waals surface area contributed by atoms with Gasteiger partial charge >= 0.3 is 5.97 Å². The van der Waals surface area contributed by atoms with Crippen LogP contribution in [0.1, 0.15) is 85.1 Å². The third-order valence-electron chi connectivity index (χ3n) is 6.54. The van der Waals surface area contributed by atoms with E-state index in [0.29, 0.717) is 29.7 Å². The van der Waals surface area contributed by atoms with Crippen LogP contribution in [0, 0.1) is 0 Å². The van der Waals surface area contributed by atoms with Gasteiger partial charge in [0.2, 0.25) is 0 Å². The van der Waals surface area contributed by atoms with E-state index in [1.165, 1.54) is 18.7 Å². The van der Waals surface area contributed by atoms with Crippen molar-refractivity contribution in [2.24, 2.45) is 0 Å². The average molecular weight is 515 g/mol. The molecule has 8 heteroatoms. The van der Waals surface area contributed by atoms with Crippen LogP contribution >= 0.6 is 11.8 Å². The number of carboxylic acid groups (broad SMARTS) is 1. The number of carbonyl (C=O) groups is 3. The predicted octanol–water partition coefficient (Wildman–Crippen LogP) is 5.44. The molecule has 0 amide bonds. The number of carboxylic acids is 1. The number of phenolic OH excluding ortho intramolecular Hbond substituents is 1. The molecule has 3 N–H and O–H groups in total. The first-order chi connectivity index (χ1) is 17.1. The number of phenols is 1. The van der Waals surface area contributed by atoms with E-state index < -0.39 is 11.6 Å². The van der Waals surface area contributed by atoms with E-state index in [9.17, 15) is 24.6 Å². The van der Waals surface area contributed by atoms with Gasteiger partial charge in [0.1, 0.15) is 23.7 Å². The Kier molecular flexibility index (Phi) is 9.56. The molecular weight excluding hydrogens is 480 g/mol. The number of ketones is 2. The minimum Gasteiger partial charge on any atom is -0.507 e. The second kappa shape index (κ2) is 12.4. The van der Waals surface area contributed by atoms with Gasteiger partial charge in [0.05, 0.1) is 12.0 Å². The highest BCUT2D eigenvalue weighted by Crippen LogP contribution is 2.41. The predicted molar refractivity (Wildman–Crippen MR) is 138 cm³/mol. The van der Waals surface area contributed by atoms with Gasteiger partial charge in [-0.3, -0.25) is 14.4 Å². The van der Waals surface area contributed by atoms with E-state index in [4.69, 9.17) is 9.84 Å². The van der Waals surface area contributed by atoms with Crippen molar-refractivity contribution >= 4 is 29.3 Å². The van der Waals surface area contributed by atoms with E-state index in [1.807, 2.05) is 19.1 Å². The Balaban J connectivity index is 1.72. The Bertz CT molecular complexity index is 1100. The van der Waals surface area contributed by atoms with E-state index in [2.05, 4.69) is 0 Å². The summed E-state index contributed by atoms with van der Waals surface area (Å²) in [6.07, 6.45) is 4.34. The maximum Gasteiger partial charge on any atom is 0.303 e. The van der Waals surface area contributed by atoms with Gasteiger partial charge < -0.3 is 20.1 Å². The molecule has 1 saturated carbocycles. The minimum atomic E-state index is -1.09. The molecule has 0 aromatic heterocycles. The van der Waals surface area contributed by atoms with Crippen molar-refractivity contribution in [2.75, 3.05) is 6.61 Å². The van der Waals surface area contributed by atoms with Crippen molar-refractivity contribution in [1.82, 2.24) is 0 Å². The number of rotatable bonds is 12. The minimum absolute atomic E-state index is 0.0372. The van der Waals surface area contributed by atoms with Gasteiger partial charge in [0.25, 0.3) is 0 Å². The largest absolute Gasteiger partial charge is 0.507 e. The summed E-state index contributed by atoms with van der Waals surface area (Å²) >= 11 is 1.54. The molecule has 3 rings (SSSR count). The fourth-order valence-electron chi connectivity index (χ4n) is 4.50. The zero-order chi connectivity index (χ0) is 26.3. The highest BCUT2D eigenvalue weighted by molar-refractivity contribution is 8.00. The third kappa shape index (κ3) is 6.89. The molecule has 2 unspecified atom stereocenters. The number of hydrogen-bond acceptors (Lipinski definition) is 7. The zero-order valence-electron chi connectivity index (χ0n) is 20.8. The first-order valence-electron chi connectivity index (χ1n) is 12.4. The molecule has 1 fully saturated rings. The van der Waals surface area contributed by atoms with Crippen molar-refractivity contribution in [3.05, 3.63) is 53.1 Å². The second-order valence-corrected chi connectivity index (χ2v) is 10.6. The van der Waals surface area contributed by atoms with E-state index in [-0.39, 0.29) is 47.6 Å². The third-order valence-corrected chi connectivity index (χ3v) is 8.05. The lowest BCUT2D eigenvalue weighted by molar-refractivity contribution is -0.136. The number of Topliss-reactive ketones (excluding diaryl/α,β-unsaturated/α-hetero) is 2. The van der Waals surface area contributed by atoms with Crippen LogP contribution in [-0.2, 0) is 11.2 Å². The summed E-state index contributed by atoms with van der Waals surface area (Å²) in [6.45, 7) is 3.46. The molecule has 1 aliphatic rings. The fraction of sp³-hybridized carbons (Fsp3) is 0.464. The summed E-state index contributed by atoms with van der Waals surface area (Å²) in [4.78, 5) is 35.6. The number of ether oxygens (including phenoxy) is 1. The molecule has 0 bridgehead atoms. The molecule has 2 atom stereocenters. The van der Waals surface area contributed by atoms with Crippen molar-refractivity contribution in [1.29, 1.82) is 0 Å². The summed E-state index contributed by atoms with van der Waals surface area (Å²) in [5, 5.41) is 30.8. The Hall–Kier alpha value is -2.84. The maximum absolute atomic E-state index is 12.2. The Morgan fingerprint density at radius 2 is 1.81 bits per heavy atom. The highest BCUT2D eigenvalue weighted by Gasteiger charge is 2.40. The van der Waals surface area contributed by atoms with Crippen LogP contribution < -0.4 is 4.74 Å². The first-order valence-corrected chi connectivity index (χ1v) is 13.2. The van der Waals surface area contributed by atoms with Crippen LogP contribution in [0.3, 0.4) is 0 Å². The molecule has 2 aromatic carbocycles. The van der Waals surface area contributed by atoms with Gasteiger partial charge in [0, 0.05) is 27.7 Å². The SMILES string of the molecule is CCCc1c(OCC2(O)CCCCC2Sc2ccc(C(=O)CCC(=O)O)cc2)ccc(C(C)=O)c1O. The Labute approximate surface area is 215 Å². The van der Waals surface area contributed by atoms with Crippen LogP contribution in [0.4, 0.5) is 0 Å². The standard InChI is InChI=1S/C28H34O7S/c1-3-6-22-24(14-12-21(18(2)29)27(22)33)35-17-28(34)16-5-4-7-25(28)36-20-10-8-19(9-11-20)23(30)13-15-26(31)32/h8-12,14,25,33-34H,3-7,13,15-17H2,1-2H3,(H,31,32). The van der Waals surface area contributed by atoms with Crippen molar-refractivity contribution in [3.8, 4) is 11.5 Å². The lowest BCUT2D eigenvalue weighted by Crippen LogP contribution is -2.48. The molecule has 2 aromatic rings. The number of aliphatic hydroxyl groups is 1. The Morgan fingerprint density at radius 3 is 2.44 bits per heavy atom. The first kappa shape index (κ1) is 27.7. The topological polar surface area (TPSA) is 121 Å². The highest BCUT2D eigenvalue weighted by atomic mass is 32.2. The smallest absolute Gasteiger partial charge is 0.303 e. The number of carbonyl (C=O) groups excluding carboxylic acids is 2. The van der Waals surface area contributed by atoms with Gasteiger partial charge in [-0.05, 0) is 50.5 Å². The molecule has 0 aliphatic heterocycles. The summed E-state index contributed by atoms with van der Waals surface area (Å²) < 4.78 is 6.09. The molecule has 1 aliphatic carbocycles. The molecule has 0 saturated heterocycles. The van der Waals surface area contributed by atoms with Crippen molar-refractivity contribution < 1.29 is 34.4 Å². The molecule has 0 radical (unpaired) electrons. The number of aromatic hydroxyl groups is 1. The summed E-state index contributed by atoms with van der Waals surface area (Å²) in [6, 6.07) is 10.3. The van der Waals surface area contributed by atoms with E-state index >= 15 is 0 Å². The van der Waals surface area contributed by atoms with Gasteiger partial charge in [-0.2, -0.15) is 0 Å². The lowest BCUT2D eigenvalue weighted by atomic mass is 9.85. The molecule has 194 valence electrons. The molecule has 0 spiro atoms. The second-order valence-electron chi connectivity index (χ2n) is 9.33. The molecular formula is C28H34O7S. The summed E-state index contributed by atoms with van der Waals surface area (Å²) in [5.41, 5.74) is 0.231. The van der Waals surface area contributed by atoms with Crippen LogP contribution in [0.5, 0.6) is 11.5 Å². The van der Waals surface area contributed by atoms with E-state index in [0.717, 1.165) is 30.6 Å².